The first-order chi connectivity index (χ1) is 27.5. The van der Waals surface area contributed by atoms with Crippen LogP contribution in [0.15, 0.2) is 167 Å². The second kappa shape index (κ2) is 10.3. The molecular weight excluding hydrogens is 685 g/mol. The van der Waals surface area contributed by atoms with Crippen LogP contribution in [0.4, 0.5) is 0 Å². The van der Waals surface area contributed by atoms with E-state index in [1.165, 1.54) is 38.5 Å². The molecular formula is C52H32N2O2. The third kappa shape index (κ3) is 3.62. The lowest BCUT2D eigenvalue weighted by Gasteiger charge is -2.21. The van der Waals surface area contributed by atoms with Crippen LogP contribution in [0.25, 0.3) is 110 Å². The Kier molecular flexibility index (Phi) is 5.56. The summed E-state index contributed by atoms with van der Waals surface area (Å²) in [5.41, 5.74) is 14.4. The fraction of sp³-hybridized carbons (Fsp3) is 0.0577. The number of fused-ring (bicyclic) bond motifs is 14. The van der Waals surface area contributed by atoms with Gasteiger partial charge in [-0.2, -0.15) is 0 Å². The first-order valence-electron chi connectivity index (χ1n) is 19.3. The molecule has 0 N–H and O–H groups in total. The van der Waals surface area contributed by atoms with Crippen LogP contribution >= 0.6 is 0 Å². The predicted octanol–water partition coefficient (Wildman–Crippen LogP) is 13.2. The maximum absolute atomic E-state index is 14.0. The molecule has 0 bridgehead atoms. The Hall–Kier alpha value is -7.17. The number of nitrogens with zero attached hydrogens (tertiary/aromatic N) is 2. The van der Waals surface area contributed by atoms with Crippen molar-refractivity contribution in [2.45, 2.75) is 19.3 Å². The number of rotatable bonds is 2. The van der Waals surface area contributed by atoms with Gasteiger partial charge in [-0.25, -0.2) is 0 Å². The molecule has 0 spiro atoms. The van der Waals surface area contributed by atoms with E-state index in [1.807, 2.05) is 28.7 Å². The highest BCUT2D eigenvalue weighted by molar-refractivity contribution is 6.23. The first kappa shape index (κ1) is 30.2. The highest BCUT2D eigenvalue weighted by Crippen LogP contribution is 2.51. The number of para-hydroxylation sites is 3. The standard InChI is InChI=1S/C52H32N2O2/c1-52(2)41-20-8-5-14-32(41)37-27-38-33-15-6-9-21-43(33)53(46(38)28-42(37)52)45-23-11-19-36-48-30(18-12-24-47(48)56-50(36)45)29-25-39-31-13-3-4-17-35(31)51(55)54-44-22-10-7-16-34(44)40(26-29)49(39)54/h3-28H,1-2H3. The first-order valence-corrected chi connectivity index (χ1v) is 19.3. The second-order valence-electron chi connectivity index (χ2n) is 16.0. The summed E-state index contributed by atoms with van der Waals surface area (Å²) >= 11 is 0. The van der Waals surface area contributed by atoms with E-state index in [0.29, 0.717) is 0 Å². The number of pyridine rings is 1. The fourth-order valence-corrected chi connectivity index (χ4v) is 10.4. The molecule has 0 atom stereocenters. The summed E-state index contributed by atoms with van der Waals surface area (Å²) in [6, 6.07) is 56.2. The SMILES string of the molecule is CC1(C)c2ccccc2-c2cc3c4ccccc4n(-c4cccc5c4oc4cccc(-c6cc7c8ccccc8c(=O)n8c9ccccc9c(c6)c78)c45)c3cc21. The maximum atomic E-state index is 14.0. The minimum Gasteiger partial charge on any atom is -0.454 e. The molecule has 4 nitrogen and oxygen atoms in total. The van der Waals surface area contributed by atoms with Crippen molar-refractivity contribution in [3.8, 4) is 27.9 Å². The van der Waals surface area contributed by atoms with E-state index in [9.17, 15) is 4.79 Å². The fourth-order valence-electron chi connectivity index (χ4n) is 10.4. The number of hydrogen-bond donors (Lipinski definition) is 0. The molecule has 1 aliphatic carbocycles. The van der Waals surface area contributed by atoms with Crippen LogP contribution in [0.2, 0.25) is 0 Å². The zero-order chi connectivity index (χ0) is 37.0. The van der Waals surface area contributed by atoms with E-state index in [-0.39, 0.29) is 11.0 Å². The van der Waals surface area contributed by atoms with Gasteiger partial charge in [-0.3, -0.25) is 9.20 Å². The molecule has 1 aliphatic rings. The summed E-state index contributed by atoms with van der Waals surface area (Å²) in [6.07, 6.45) is 0. The van der Waals surface area contributed by atoms with Crippen LogP contribution in [0, 0.1) is 0 Å². The summed E-state index contributed by atoms with van der Waals surface area (Å²) in [5, 5.41) is 9.51. The molecule has 0 radical (unpaired) electrons. The lowest BCUT2D eigenvalue weighted by molar-refractivity contribution is 0.660. The minimum atomic E-state index is -0.123. The van der Waals surface area contributed by atoms with Crippen LogP contribution in [-0.4, -0.2) is 8.97 Å². The van der Waals surface area contributed by atoms with E-state index < -0.39 is 0 Å². The Morgan fingerprint density at radius 1 is 0.482 bits per heavy atom. The Labute approximate surface area is 320 Å². The van der Waals surface area contributed by atoms with E-state index in [0.717, 1.165) is 82.2 Å². The molecule has 12 aromatic rings. The Morgan fingerprint density at radius 2 is 1.12 bits per heavy atom. The van der Waals surface area contributed by atoms with Crippen molar-refractivity contribution in [1.82, 2.24) is 8.97 Å². The van der Waals surface area contributed by atoms with Crippen molar-refractivity contribution in [3.05, 3.63) is 179 Å². The molecule has 0 aliphatic heterocycles. The third-order valence-electron chi connectivity index (χ3n) is 12.8. The molecule has 56 heavy (non-hydrogen) atoms. The van der Waals surface area contributed by atoms with Gasteiger partial charge in [0.15, 0.2) is 5.58 Å². The normalized spacial score (nSPS) is 13.8. The van der Waals surface area contributed by atoms with Gasteiger partial charge in [0.25, 0.3) is 5.56 Å². The van der Waals surface area contributed by atoms with Gasteiger partial charge in [-0.1, -0.05) is 117 Å². The molecule has 8 aromatic carbocycles. The molecule has 0 unspecified atom stereocenters. The lowest BCUT2D eigenvalue weighted by atomic mass is 9.82. The van der Waals surface area contributed by atoms with Crippen molar-refractivity contribution in [1.29, 1.82) is 0 Å². The Morgan fingerprint density at radius 3 is 1.96 bits per heavy atom. The smallest absolute Gasteiger partial charge is 0.263 e. The topological polar surface area (TPSA) is 39.5 Å². The maximum Gasteiger partial charge on any atom is 0.263 e. The largest absolute Gasteiger partial charge is 0.454 e. The molecule has 13 rings (SSSR count). The molecule has 262 valence electrons. The van der Waals surface area contributed by atoms with Gasteiger partial charge in [-0.05, 0) is 93.4 Å². The lowest BCUT2D eigenvalue weighted by Crippen LogP contribution is -2.14. The highest BCUT2D eigenvalue weighted by atomic mass is 16.3. The predicted molar refractivity (Wildman–Crippen MR) is 232 cm³/mol. The van der Waals surface area contributed by atoms with E-state index >= 15 is 0 Å². The molecule has 4 heteroatoms. The number of hydrogen-bond acceptors (Lipinski definition) is 2. The monoisotopic (exact) mass is 716 g/mol. The molecule has 0 fully saturated rings. The zero-order valence-corrected chi connectivity index (χ0v) is 30.7. The Bertz CT molecular complexity index is 3760. The number of benzene rings is 8. The van der Waals surface area contributed by atoms with Gasteiger partial charge < -0.3 is 8.98 Å². The number of furan rings is 1. The summed E-state index contributed by atoms with van der Waals surface area (Å²) in [4.78, 5) is 14.0. The molecule has 4 aromatic heterocycles. The highest BCUT2D eigenvalue weighted by Gasteiger charge is 2.36. The van der Waals surface area contributed by atoms with Crippen molar-refractivity contribution in [2.24, 2.45) is 0 Å². The quantitative estimate of drug-likeness (QED) is 0.167. The van der Waals surface area contributed by atoms with Crippen molar-refractivity contribution in [3.63, 3.8) is 0 Å². The van der Waals surface area contributed by atoms with Crippen molar-refractivity contribution in [2.75, 3.05) is 0 Å². The summed E-state index contributed by atoms with van der Waals surface area (Å²) < 4.78 is 11.3. The van der Waals surface area contributed by atoms with Crippen LogP contribution in [-0.2, 0) is 5.41 Å². The van der Waals surface area contributed by atoms with Crippen LogP contribution in [0.3, 0.4) is 0 Å². The molecule has 0 saturated heterocycles. The van der Waals surface area contributed by atoms with Crippen molar-refractivity contribution >= 4 is 81.7 Å². The average Bonchev–Trinajstić information content (AvgIpc) is 3.95. The minimum absolute atomic E-state index is 0.0191. The van der Waals surface area contributed by atoms with Gasteiger partial charge >= 0.3 is 0 Å². The van der Waals surface area contributed by atoms with E-state index in [4.69, 9.17) is 4.42 Å². The van der Waals surface area contributed by atoms with E-state index in [1.54, 1.807) is 0 Å². The molecule has 0 amide bonds. The molecule has 0 saturated carbocycles. The summed E-state index contributed by atoms with van der Waals surface area (Å²) in [6.45, 7) is 4.69. The number of aromatic nitrogens is 2. The van der Waals surface area contributed by atoms with Gasteiger partial charge in [-0.15, -0.1) is 0 Å². The van der Waals surface area contributed by atoms with Gasteiger partial charge in [0.05, 0.1) is 27.8 Å². The second-order valence-corrected chi connectivity index (χ2v) is 16.0. The molecule has 4 heterocycles. The Balaban J connectivity index is 1.11. The van der Waals surface area contributed by atoms with Crippen LogP contribution in [0.1, 0.15) is 25.0 Å². The van der Waals surface area contributed by atoms with Gasteiger partial charge in [0.1, 0.15) is 5.58 Å². The summed E-state index contributed by atoms with van der Waals surface area (Å²) in [7, 11) is 0. The van der Waals surface area contributed by atoms with Gasteiger partial charge in [0, 0.05) is 48.5 Å². The summed E-state index contributed by atoms with van der Waals surface area (Å²) in [5.74, 6) is 0. The zero-order valence-electron chi connectivity index (χ0n) is 30.7. The van der Waals surface area contributed by atoms with Crippen molar-refractivity contribution < 1.29 is 4.42 Å². The van der Waals surface area contributed by atoms with E-state index in [2.05, 4.69) is 152 Å². The van der Waals surface area contributed by atoms with Gasteiger partial charge in [0.2, 0.25) is 0 Å². The third-order valence-corrected chi connectivity index (χ3v) is 12.8. The van der Waals surface area contributed by atoms with Crippen LogP contribution < -0.4 is 5.56 Å². The van der Waals surface area contributed by atoms with Crippen LogP contribution in [0.5, 0.6) is 0 Å². The average molecular weight is 717 g/mol.